The van der Waals surface area contributed by atoms with Gasteiger partial charge in [-0.05, 0) is 49.4 Å². The average molecular weight is 333 g/mol. The van der Waals surface area contributed by atoms with Crippen molar-refractivity contribution >= 4 is 20.9 Å². The third-order valence-corrected chi connectivity index (χ3v) is 6.70. The fourth-order valence-corrected chi connectivity index (χ4v) is 4.91. The number of sulfonamides is 1. The first-order valence-corrected chi connectivity index (χ1v) is 9.43. The van der Waals surface area contributed by atoms with Crippen molar-refractivity contribution in [2.75, 3.05) is 19.6 Å². The molecular formula is C17H23N3O2S. The normalized spacial score (nSPS) is 23.3. The van der Waals surface area contributed by atoms with E-state index in [0.29, 0.717) is 36.0 Å². The SMILES string of the molecule is Cc1cnc2c(S(=O)(=O)N3CCC(C)C(CN)C3)cccc2c1. The molecule has 1 fully saturated rings. The van der Waals surface area contributed by atoms with Gasteiger partial charge in [0.05, 0.1) is 5.52 Å². The summed E-state index contributed by atoms with van der Waals surface area (Å²) < 4.78 is 27.8. The summed E-state index contributed by atoms with van der Waals surface area (Å²) in [5.74, 6) is 0.670. The van der Waals surface area contributed by atoms with Crippen LogP contribution < -0.4 is 5.73 Å². The molecule has 1 aliphatic heterocycles. The van der Waals surface area contributed by atoms with E-state index >= 15 is 0 Å². The molecule has 1 aliphatic rings. The molecule has 6 heteroatoms. The Bertz CT molecular complexity index is 820. The third-order valence-electron chi connectivity index (χ3n) is 4.81. The van der Waals surface area contributed by atoms with Crippen LogP contribution in [-0.2, 0) is 10.0 Å². The molecular weight excluding hydrogens is 310 g/mol. The molecule has 1 aromatic heterocycles. The van der Waals surface area contributed by atoms with Gasteiger partial charge in [-0.1, -0.05) is 19.1 Å². The van der Waals surface area contributed by atoms with Gasteiger partial charge in [-0.2, -0.15) is 4.31 Å². The maximum Gasteiger partial charge on any atom is 0.245 e. The fourth-order valence-electron chi connectivity index (χ4n) is 3.23. The highest BCUT2D eigenvalue weighted by atomic mass is 32.2. The summed E-state index contributed by atoms with van der Waals surface area (Å²) in [6.45, 7) is 5.64. The number of benzene rings is 1. The average Bonchev–Trinajstić information content (AvgIpc) is 2.54. The van der Waals surface area contributed by atoms with Crippen LogP contribution in [0, 0.1) is 18.8 Å². The van der Waals surface area contributed by atoms with Gasteiger partial charge in [0.15, 0.2) is 0 Å². The minimum absolute atomic E-state index is 0.212. The zero-order valence-electron chi connectivity index (χ0n) is 13.6. The van der Waals surface area contributed by atoms with Gasteiger partial charge in [-0.25, -0.2) is 8.42 Å². The summed E-state index contributed by atoms with van der Waals surface area (Å²) >= 11 is 0. The Balaban J connectivity index is 2.03. The number of aromatic nitrogens is 1. The van der Waals surface area contributed by atoms with Crippen LogP contribution in [0.4, 0.5) is 0 Å². The number of nitrogens with two attached hydrogens (primary N) is 1. The van der Waals surface area contributed by atoms with Gasteiger partial charge < -0.3 is 5.73 Å². The Morgan fingerprint density at radius 2 is 2.17 bits per heavy atom. The molecule has 2 aromatic rings. The van der Waals surface area contributed by atoms with Crippen molar-refractivity contribution < 1.29 is 8.42 Å². The monoisotopic (exact) mass is 333 g/mol. The highest BCUT2D eigenvalue weighted by Gasteiger charge is 2.34. The van der Waals surface area contributed by atoms with Gasteiger partial charge >= 0.3 is 0 Å². The molecule has 0 spiro atoms. The predicted octanol–water partition coefficient (Wildman–Crippen LogP) is 2.15. The Kier molecular flexibility index (Phi) is 4.40. The number of fused-ring (bicyclic) bond motifs is 1. The lowest BCUT2D eigenvalue weighted by Gasteiger charge is -2.35. The molecule has 23 heavy (non-hydrogen) atoms. The maximum absolute atomic E-state index is 13.1. The molecule has 1 saturated heterocycles. The summed E-state index contributed by atoms with van der Waals surface area (Å²) in [5, 5.41) is 0.854. The number of nitrogens with zero attached hydrogens (tertiary/aromatic N) is 2. The molecule has 1 aromatic carbocycles. The standard InChI is InChI=1S/C17H23N3O2S/c1-12-8-14-4-3-5-16(17(14)19-10-12)23(21,22)20-7-6-13(2)15(9-18)11-20/h3-5,8,10,13,15H,6-7,9,11,18H2,1-2H3. The summed E-state index contributed by atoms with van der Waals surface area (Å²) in [5.41, 5.74) is 7.37. The molecule has 5 nitrogen and oxygen atoms in total. The first-order chi connectivity index (χ1) is 10.9. The molecule has 0 saturated carbocycles. The van der Waals surface area contributed by atoms with Crippen LogP contribution in [0.1, 0.15) is 18.9 Å². The van der Waals surface area contributed by atoms with Crippen molar-refractivity contribution in [1.82, 2.24) is 9.29 Å². The quantitative estimate of drug-likeness (QED) is 0.934. The second-order valence-electron chi connectivity index (χ2n) is 6.47. The zero-order valence-corrected chi connectivity index (χ0v) is 14.4. The molecule has 2 N–H and O–H groups in total. The van der Waals surface area contributed by atoms with Gasteiger partial charge in [-0.15, -0.1) is 0 Å². The molecule has 2 heterocycles. The van der Waals surface area contributed by atoms with Crippen LogP contribution >= 0.6 is 0 Å². The van der Waals surface area contributed by atoms with E-state index in [1.165, 1.54) is 0 Å². The first kappa shape index (κ1) is 16.4. The summed E-state index contributed by atoms with van der Waals surface area (Å²) in [6.07, 6.45) is 2.56. The maximum atomic E-state index is 13.1. The number of rotatable bonds is 3. The topological polar surface area (TPSA) is 76.3 Å². The number of pyridine rings is 1. The van der Waals surface area contributed by atoms with Crippen LogP contribution in [-0.4, -0.2) is 37.3 Å². The Hall–Kier alpha value is -1.50. The van der Waals surface area contributed by atoms with Gasteiger partial charge in [0.25, 0.3) is 0 Å². The largest absolute Gasteiger partial charge is 0.330 e. The van der Waals surface area contributed by atoms with Gasteiger partial charge in [0, 0.05) is 24.7 Å². The van der Waals surface area contributed by atoms with Crippen LogP contribution in [0.5, 0.6) is 0 Å². The predicted molar refractivity (Wildman–Crippen MR) is 91.6 cm³/mol. The summed E-state index contributed by atoms with van der Waals surface area (Å²) in [7, 11) is -3.55. The van der Waals surface area contributed by atoms with E-state index in [-0.39, 0.29) is 5.92 Å². The lowest BCUT2D eigenvalue weighted by molar-refractivity contribution is 0.203. The lowest BCUT2D eigenvalue weighted by Crippen LogP contribution is -2.45. The van der Waals surface area contributed by atoms with Crippen LogP contribution in [0.25, 0.3) is 10.9 Å². The Morgan fingerprint density at radius 3 is 2.91 bits per heavy atom. The van der Waals surface area contributed by atoms with Crippen molar-refractivity contribution in [3.63, 3.8) is 0 Å². The minimum Gasteiger partial charge on any atom is -0.330 e. The van der Waals surface area contributed by atoms with Crippen molar-refractivity contribution in [3.05, 3.63) is 36.0 Å². The van der Waals surface area contributed by atoms with E-state index in [4.69, 9.17) is 5.73 Å². The minimum atomic E-state index is -3.55. The highest BCUT2D eigenvalue weighted by molar-refractivity contribution is 7.89. The number of piperidine rings is 1. The lowest BCUT2D eigenvalue weighted by atomic mass is 9.88. The van der Waals surface area contributed by atoms with Gasteiger partial charge in [-0.3, -0.25) is 4.98 Å². The number of para-hydroxylation sites is 1. The van der Waals surface area contributed by atoms with Crippen molar-refractivity contribution in [2.24, 2.45) is 17.6 Å². The highest BCUT2D eigenvalue weighted by Crippen LogP contribution is 2.30. The van der Waals surface area contributed by atoms with Crippen LogP contribution in [0.2, 0.25) is 0 Å². The molecule has 2 atom stereocenters. The van der Waals surface area contributed by atoms with Crippen molar-refractivity contribution in [1.29, 1.82) is 0 Å². The Labute approximate surface area is 137 Å². The second-order valence-corrected chi connectivity index (χ2v) is 8.37. The van der Waals surface area contributed by atoms with Crippen LogP contribution in [0.15, 0.2) is 35.4 Å². The molecule has 3 rings (SSSR count). The summed E-state index contributed by atoms with van der Waals surface area (Å²) in [6, 6.07) is 7.29. The Morgan fingerprint density at radius 1 is 1.39 bits per heavy atom. The zero-order chi connectivity index (χ0) is 16.6. The summed E-state index contributed by atoms with van der Waals surface area (Å²) in [4.78, 5) is 4.66. The van der Waals surface area contributed by atoms with Gasteiger partial charge in [0.1, 0.15) is 4.90 Å². The molecule has 0 aliphatic carbocycles. The number of aryl methyl sites for hydroxylation is 1. The number of hydrogen-bond donors (Lipinski definition) is 1. The smallest absolute Gasteiger partial charge is 0.245 e. The molecule has 0 amide bonds. The van der Waals surface area contributed by atoms with E-state index in [1.807, 2.05) is 19.1 Å². The third kappa shape index (κ3) is 2.98. The van der Waals surface area contributed by atoms with E-state index in [0.717, 1.165) is 17.4 Å². The van der Waals surface area contributed by atoms with Crippen LogP contribution in [0.3, 0.4) is 0 Å². The van der Waals surface area contributed by atoms with Crippen molar-refractivity contribution in [2.45, 2.75) is 25.2 Å². The van der Waals surface area contributed by atoms with E-state index < -0.39 is 10.0 Å². The molecule has 0 bridgehead atoms. The molecule has 0 radical (unpaired) electrons. The second kappa shape index (κ2) is 6.19. The fraction of sp³-hybridized carbons (Fsp3) is 0.471. The van der Waals surface area contributed by atoms with E-state index in [1.54, 1.807) is 22.6 Å². The first-order valence-electron chi connectivity index (χ1n) is 7.99. The van der Waals surface area contributed by atoms with Crippen molar-refractivity contribution in [3.8, 4) is 0 Å². The van der Waals surface area contributed by atoms with E-state index in [2.05, 4.69) is 11.9 Å². The van der Waals surface area contributed by atoms with E-state index in [9.17, 15) is 8.42 Å². The van der Waals surface area contributed by atoms with Gasteiger partial charge in [0.2, 0.25) is 10.0 Å². The number of hydrogen-bond acceptors (Lipinski definition) is 4. The molecule has 2 unspecified atom stereocenters. The molecule has 124 valence electrons.